The minimum Gasteiger partial charge on any atom is -0.393 e. The van der Waals surface area contributed by atoms with Crippen molar-refractivity contribution >= 4 is 0 Å². The van der Waals surface area contributed by atoms with Crippen molar-refractivity contribution in [2.24, 2.45) is 0 Å². The molecule has 2 rings (SSSR count). The Labute approximate surface area is 92.5 Å². The number of likely N-dealkylation sites (tertiary alicyclic amines) is 1. The molecule has 1 aliphatic heterocycles. The van der Waals surface area contributed by atoms with Crippen LogP contribution in [0.1, 0.15) is 25.2 Å². The van der Waals surface area contributed by atoms with Gasteiger partial charge in [-0.15, -0.1) is 0 Å². The van der Waals surface area contributed by atoms with Crippen LogP contribution in [-0.4, -0.2) is 38.8 Å². The van der Waals surface area contributed by atoms with Crippen molar-refractivity contribution in [1.82, 2.24) is 14.5 Å². The molecule has 1 saturated heterocycles. The second-order valence-corrected chi connectivity index (χ2v) is 4.04. The van der Waals surface area contributed by atoms with Gasteiger partial charge in [-0.2, -0.15) is 8.78 Å². The number of piperidine rings is 1. The number of imidazole rings is 1. The molecule has 1 aromatic rings. The van der Waals surface area contributed by atoms with E-state index >= 15 is 0 Å². The van der Waals surface area contributed by atoms with E-state index in [9.17, 15) is 13.9 Å². The lowest BCUT2D eigenvalue weighted by Gasteiger charge is -2.29. The Balaban J connectivity index is 1.96. The fourth-order valence-corrected chi connectivity index (χ4v) is 1.92. The van der Waals surface area contributed by atoms with Crippen LogP contribution in [0, 0.1) is 0 Å². The zero-order chi connectivity index (χ0) is 11.5. The molecule has 0 saturated carbocycles. The van der Waals surface area contributed by atoms with Crippen LogP contribution in [-0.2, 0) is 6.54 Å². The van der Waals surface area contributed by atoms with Gasteiger partial charge in [0.05, 0.1) is 12.6 Å². The molecule has 0 bridgehead atoms. The summed E-state index contributed by atoms with van der Waals surface area (Å²) in [6.45, 7) is -0.647. The molecule has 0 aromatic carbocycles. The van der Waals surface area contributed by atoms with Gasteiger partial charge < -0.3 is 5.11 Å². The van der Waals surface area contributed by atoms with Gasteiger partial charge >= 0.3 is 6.55 Å². The van der Waals surface area contributed by atoms with Gasteiger partial charge in [0.1, 0.15) is 5.82 Å². The van der Waals surface area contributed by atoms with Gasteiger partial charge in [0.2, 0.25) is 0 Å². The number of aromatic nitrogens is 2. The van der Waals surface area contributed by atoms with E-state index in [1.54, 1.807) is 0 Å². The molecule has 1 aliphatic rings. The molecule has 0 radical (unpaired) electrons. The van der Waals surface area contributed by atoms with E-state index in [0.29, 0.717) is 25.2 Å². The van der Waals surface area contributed by atoms with Crippen LogP contribution < -0.4 is 0 Å². The van der Waals surface area contributed by atoms with Crippen LogP contribution in [0.2, 0.25) is 0 Å². The maximum absolute atomic E-state index is 12.5. The number of hydrogen-bond donors (Lipinski definition) is 1. The van der Waals surface area contributed by atoms with Crippen molar-refractivity contribution in [1.29, 1.82) is 0 Å². The summed E-state index contributed by atoms with van der Waals surface area (Å²) in [5.74, 6) is 0.381. The molecular weight excluding hydrogens is 216 g/mol. The zero-order valence-corrected chi connectivity index (χ0v) is 8.89. The summed E-state index contributed by atoms with van der Waals surface area (Å²) in [5, 5.41) is 9.33. The molecule has 0 spiro atoms. The first kappa shape index (κ1) is 11.5. The minimum absolute atomic E-state index is 0.244. The quantitative estimate of drug-likeness (QED) is 0.850. The van der Waals surface area contributed by atoms with Gasteiger partial charge in [-0.05, 0) is 12.8 Å². The Morgan fingerprint density at radius 2 is 2.12 bits per heavy atom. The first-order valence-electron chi connectivity index (χ1n) is 5.37. The van der Waals surface area contributed by atoms with Crippen LogP contribution in [0.3, 0.4) is 0 Å². The normalized spacial score (nSPS) is 19.5. The average Bonchev–Trinajstić information content (AvgIpc) is 2.69. The molecule has 1 N–H and O–H groups in total. The molecule has 2 heterocycles. The zero-order valence-electron chi connectivity index (χ0n) is 8.89. The number of aliphatic hydroxyl groups is 1. The predicted molar refractivity (Wildman–Crippen MR) is 54.0 cm³/mol. The van der Waals surface area contributed by atoms with Gasteiger partial charge in [-0.3, -0.25) is 9.47 Å². The molecule has 1 fully saturated rings. The lowest BCUT2D eigenvalue weighted by Crippen LogP contribution is -2.36. The number of alkyl halides is 2. The van der Waals surface area contributed by atoms with Crippen molar-refractivity contribution < 1.29 is 13.9 Å². The maximum Gasteiger partial charge on any atom is 0.319 e. The molecule has 0 aliphatic carbocycles. The van der Waals surface area contributed by atoms with E-state index in [2.05, 4.69) is 4.98 Å². The molecular formula is C10H15F2N3O. The molecule has 90 valence electrons. The van der Waals surface area contributed by atoms with Crippen LogP contribution in [0.5, 0.6) is 0 Å². The molecule has 0 unspecified atom stereocenters. The Morgan fingerprint density at radius 1 is 1.44 bits per heavy atom. The number of aliphatic hydroxyl groups excluding tert-OH is 1. The van der Waals surface area contributed by atoms with Crippen molar-refractivity contribution in [2.45, 2.75) is 32.0 Å². The van der Waals surface area contributed by atoms with Gasteiger partial charge in [0.15, 0.2) is 0 Å². The Bertz CT molecular complexity index is 335. The Hall–Kier alpha value is -1.01. The Kier molecular flexibility index (Phi) is 3.50. The third-order valence-electron chi connectivity index (χ3n) is 2.88. The first-order valence-corrected chi connectivity index (χ1v) is 5.37. The molecule has 0 atom stereocenters. The highest BCUT2D eigenvalue weighted by Gasteiger charge is 2.19. The van der Waals surface area contributed by atoms with Crippen molar-refractivity contribution in [3.8, 4) is 0 Å². The summed E-state index contributed by atoms with van der Waals surface area (Å²) in [7, 11) is 0. The van der Waals surface area contributed by atoms with Crippen LogP contribution >= 0.6 is 0 Å². The summed E-state index contributed by atoms with van der Waals surface area (Å²) in [6.07, 6.45) is 3.84. The van der Waals surface area contributed by atoms with E-state index in [1.807, 2.05) is 4.90 Å². The standard InChI is InChI=1S/C10H15F2N3O/c11-10(12)15-6-3-13-9(15)7-14-4-1-8(16)2-5-14/h3,6,8,10,16H,1-2,4-5,7H2. The SMILES string of the molecule is OC1CCN(Cc2nccn2C(F)F)CC1. The minimum atomic E-state index is -2.53. The third kappa shape index (κ3) is 2.56. The van der Waals surface area contributed by atoms with Gasteiger partial charge in [0, 0.05) is 25.5 Å². The second-order valence-electron chi connectivity index (χ2n) is 4.04. The predicted octanol–water partition coefficient (Wildman–Crippen LogP) is 1.23. The average molecular weight is 231 g/mol. The summed E-state index contributed by atoms with van der Waals surface area (Å²) in [6, 6.07) is 0. The fraction of sp³-hybridized carbons (Fsp3) is 0.700. The lowest BCUT2D eigenvalue weighted by atomic mass is 10.1. The van der Waals surface area contributed by atoms with Crippen molar-refractivity contribution in [3.63, 3.8) is 0 Å². The van der Waals surface area contributed by atoms with Crippen molar-refractivity contribution in [3.05, 3.63) is 18.2 Å². The maximum atomic E-state index is 12.5. The fourth-order valence-electron chi connectivity index (χ4n) is 1.92. The largest absolute Gasteiger partial charge is 0.393 e. The highest BCUT2D eigenvalue weighted by Crippen LogP contribution is 2.16. The van der Waals surface area contributed by atoms with Crippen LogP contribution in [0.4, 0.5) is 8.78 Å². The summed E-state index contributed by atoms with van der Waals surface area (Å²) >= 11 is 0. The van der Waals surface area contributed by atoms with Gasteiger partial charge in [-0.1, -0.05) is 0 Å². The van der Waals surface area contributed by atoms with E-state index < -0.39 is 6.55 Å². The molecule has 6 heteroatoms. The molecule has 16 heavy (non-hydrogen) atoms. The van der Waals surface area contributed by atoms with E-state index in [0.717, 1.165) is 17.7 Å². The lowest BCUT2D eigenvalue weighted by molar-refractivity contribution is 0.0551. The first-order chi connectivity index (χ1) is 7.66. The number of hydrogen-bond acceptors (Lipinski definition) is 3. The van der Waals surface area contributed by atoms with Crippen LogP contribution in [0.15, 0.2) is 12.4 Å². The number of nitrogens with zero attached hydrogens (tertiary/aromatic N) is 3. The topological polar surface area (TPSA) is 41.3 Å². The molecule has 1 aromatic heterocycles. The second kappa shape index (κ2) is 4.88. The van der Waals surface area contributed by atoms with E-state index in [1.165, 1.54) is 12.4 Å². The van der Waals surface area contributed by atoms with Gasteiger partial charge in [-0.25, -0.2) is 4.98 Å². The Morgan fingerprint density at radius 3 is 2.75 bits per heavy atom. The smallest absolute Gasteiger partial charge is 0.319 e. The third-order valence-corrected chi connectivity index (χ3v) is 2.88. The van der Waals surface area contributed by atoms with Crippen LogP contribution in [0.25, 0.3) is 0 Å². The summed E-state index contributed by atoms with van der Waals surface area (Å²) in [4.78, 5) is 5.97. The summed E-state index contributed by atoms with van der Waals surface area (Å²) < 4.78 is 26.0. The summed E-state index contributed by atoms with van der Waals surface area (Å²) in [5.41, 5.74) is 0. The van der Waals surface area contributed by atoms with Gasteiger partial charge in [0.25, 0.3) is 0 Å². The number of halogens is 2. The monoisotopic (exact) mass is 231 g/mol. The van der Waals surface area contributed by atoms with E-state index in [4.69, 9.17) is 0 Å². The number of rotatable bonds is 3. The highest BCUT2D eigenvalue weighted by molar-refractivity contribution is 4.93. The van der Waals surface area contributed by atoms with Crippen molar-refractivity contribution in [2.75, 3.05) is 13.1 Å². The highest BCUT2D eigenvalue weighted by atomic mass is 19.3. The van der Waals surface area contributed by atoms with E-state index in [-0.39, 0.29) is 6.10 Å². The molecule has 4 nitrogen and oxygen atoms in total. The molecule has 0 amide bonds.